The van der Waals surface area contributed by atoms with Crippen LogP contribution in [-0.4, -0.2) is 17.3 Å². The second-order valence-corrected chi connectivity index (χ2v) is 5.64. The van der Waals surface area contributed by atoms with E-state index in [4.69, 9.17) is 10.5 Å². The molecule has 0 bridgehead atoms. The molecule has 0 unspecified atom stereocenters. The quantitative estimate of drug-likeness (QED) is 0.890. The number of nitrogens with zero attached hydrogens (tertiary/aromatic N) is 1. The highest BCUT2D eigenvalue weighted by Gasteiger charge is 2.18. The minimum absolute atomic E-state index is 0.0872. The van der Waals surface area contributed by atoms with Gasteiger partial charge in [0.05, 0.1) is 19.0 Å². The van der Waals surface area contributed by atoms with Crippen LogP contribution in [0.2, 0.25) is 0 Å². The fourth-order valence-electron chi connectivity index (χ4n) is 2.07. The first-order valence-electron chi connectivity index (χ1n) is 6.38. The van der Waals surface area contributed by atoms with Crippen molar-refractivity contribution in [3.63, 3.8) is 0 Å². The van der Waals surface area contributed by atoms with Gasteiger partial charge in [0.25, 0.3) is 0 Å². The molecular formula is C15H21N3O. The first-order chi connectivity index (χ1) is 8.97. The normalized spacial score (nSPS) is 11.6. The number of nitrogens with one attached hydrogen (secondary N) is 1. The topological polar surface area (TPSA) is 63.9 Å². The zero-order valence-electron chi connectivity index (χ0n) is 11.9. The number of hydrogen-bond donors (Lipinski definition) is 2. The third-order valence-corrected chi connectivity index (χ3v) is 3.27. The molecule has 4 nitrogen and oxygen atoms in total. The smallest absolute Gasteiger partial charge is 0.128 e. The molecule has 0 radical (unpaired) electrons. The van der Waals surface area contributed by atoms with Crippen LogP contribution in [0.25, 0.3) is 11.3 Å². The number of benzene rings is 1. The van der Waals surface area contributed by atoms with E-state index in [1.807, 2.05) is 6.07 Å². The summed E-state index contributed by atoms with van der Waals surface area (Å²) in [5, 5.41) is 7.09. The number of aromatic amines is 1. The summed E-state index contributed by atoms with van der Waals surface area (Å²) < 4.78 is 5.45. The molecule has 1 aromatic heterocycles. The Hall–Kier alpha value is -1.81. The highest BCUT2D eigenvalue weighted by molar-refractivity contribution is 5.71. The van der Waals surface area contributed by atoms with Crippen LogP contribution < -0.4 is 10.5 Å². The molecule has 0 amide bonds. The van der Waals surface area contributed by atoms with Crippen molar-refractivity contribution in [2.75, 3.05) is 7.11 Å². The Bertz CT molecular complexity index is 567. The van der Waals surface area contributed by atoms with Gasteiger partial charge in [-0.1, -0.05) is 26.8 Å². The molecule has 1 aromatic carbocycles. The SMILES string of the molecule is COc1ccc(C(C)(C)C)cc1-c1[nH]ncc1CN. The maximum atomic E-state index is 5.75. The summed E-state index contributed by atoms with van der Waals surface area (Å²) in [6, 6.07) is 6.24. The van der Waals surface area contributed by atoms with Crippen LogP contribution in [0, 0.1) is 0 Å². The van der Waals surface area contributed by atoms with E-state index in [-0.39, 0.29) is 5.41 Å². The van der Waals surface area contributed by atoms with Crippen LogP contribution in [0.15, 0.2) is 24.4 Å². The van der Waals surface area contributed by atoms with E-state index >= 15 is 0 Å². The zero-order valence-corrected chi connectivity index (χ0v) is 11.9. The molecule has 0 fully saturated rings. The first kappa shape index (κ1) is 13.6. The van der Waals surface area contributed by atoms with Crippen LogP contribution >= 0.6 is 0 Å². The number of hydrogen-bond acceptors (Lipinski definition) is 3. The number of methoxy groups -OCH3 is 1. The lowest BCUT2D eigenvalue weighted by Gasteiger charge is -2.21. The minimum atomic E-state index is 0.0872. The van der Waals surface area contributed by atoms with E-state index in [1.165, 1.54) is 5.56 Å². The van der Waals surface area contributed by atoms with Crippen molar-refractivity contribution in [2.24, 2.45) is 5.73 Å². The summed E-state index contributed by atoms with van der Waals surface area (Å²) in [4.78, 5) is 0. The van der Waals surface area contributed by atoms with Gasteiger partial charge in [-0.15, -0.1) is 0 Å². The highest BCUT2D eigenvalue weighted by atomic mass is 16.5. The van der Waals surface area contributed by atoms with Crippen LogP contribution in [0.3, 0.4) is 0 Å². The summed E-state index contributed by atoms with van der Waals surface area (Å²) in [7, 11) is 1.67. The molecule has 3 N–H and O–H groups in total. The van der Waals surface area contributed by atoms with Crippen molar-refractivity contribution >= 4 is 0 Å². The molecule has 0 saturated heterocycles. The van der Waals surface area contributed by atoms with Crippen molar-refractivity contribution in [3.8, 4) is 17.0 Å². The van der Waals surface area contributed by atoms with Gasteiger partial charge in [0.1, 0.15) is 5.75 Å². The van der Waals surface area contributed by atoms with Gasteiger partial charge in [0, 0.05) is 17.7 Å². The number of nitrogens with two attached hydrogens (primary N) is 1. The largest absolute Gasteiger partial charge is 0.496 e. The lowest BCUT2D eigenvalue weighted by atomic mass is 9.85. The molecule has 102 valence electrons. The van der Waals surface area contributed by atoms with Crippen molar-refractivity contribution in [1.29, 1.82) is 0 Å². The van der Waals surface area contributed by atoms with Crippen LogP contribution in [0.1, 0.15) is 31.9 Å². The fourth-order valence-corrected chi connectivity index (χ4v) is 2.07. The van der Waals surface area contributed by atoms with Gasteiger partial charge in [-0.3, -0.25) is 5.10 Å². The Labute approximate surface area is 114 Å². The molecule has 1 heterocycles. The standard InChI is InChI=1S/C15H21N3O/c1-15(2,3)11-5-6-13(19-4)12(7-11)14-10(8-16)9-17-18-14/h5-7,9H,8,16H2,1-4H3,(H,17,18). The maximum absolute atomic E-state index is 5.75. The van der Waals surface area contributed by atoms with Gasteiger partial charge in [-0.25, -0.2) is 0 Å². The second-order valence-electron chi connectivity index (χ2n) is 5.64. The molecule has 0 atom stereocenters. The van der Waals surface area contributed by atoms with E-state index in [2.05, 4.69) is 43.1 Å². The molecule has 0 aliphatic carbocycles. The maximum Gasteiger partial charge on any atom is 0.128 e. The van der Waals surface area contributed by atoms with E-state index < -0.39 is 0 Å². The number of ether oxygens (including phenoxy) is 1. The monoisotopic (exact) mass is 259 g/mol. The number of aromatic nitrogens is 2. The van der Waals surface area contributed by atoms with Crippen molar-refractivity contribution in [1.82, 2.24) is 10.2 Å². The van der Waals surface area contributed by atoms with Crippen molar-refractivity contribution in [3.05, 3.63) is 35.5 Å². The molecule has 0 saturated carbocycles. The molecule has 19 heavy (non-hydrogen) atoms. The van der Waals surface area contributed by atoms with Crippen LogP contribution in [0.4, 0.5) is 0 Å². The highest BCUT2D eigenvalue weighted by Crippen LogP contribution is 2.35. The molecule has 2 aromatic rings. The average Bonchev–Trinajstić information content (AvgIpc) is 2.85. The summed E-state index contributed by atoms with van der Waals surface area (Å²) in [5.41, 5.74) is 10.0. The first-order valence-corrected chi connectivity index (χ1v) is 6.38. The van der Waals surface area contributed by atoms with Gasteiger partial charge in [0.15, 0.2) is 0 Å². The Kier molecular flexibility index (Phi) is 3.62. The van der Waals surface area contributed by atoms with Gasteiger partial charge in [-0.2, -0.15) is 5.10 Å². The molecule has 2 rings (SSSR count). The Morgan fingerprint density at radius 3 is 2.63 bits per heavy atom. The van der Waals surface area contributed by atoms with E-state index in [9.17, 15) is 0 Å². The molecule has 0 aliphatic heterocycles. The summed E-state index contributed by atoms with van der Waals surface area (Å²) in [5.74, 6) is 0.826. The molecule has 0 aliphatic rings. The van der Waals surface area contributed by atoms with Gasteiger partial charge in [-0.05, 0) is 23.1 Å². The van der Waals surface area contributed by atoms with Crippen molar-refractivity contribution < 1.29 is 4.74 Å². The van der Waals surface area contributed by atoms with Crippen LogP contribution in [0.5, 0.6) is 5.75 Å². The van der Waals surface area contributed by atoms with E-state index in [1.54, 1.807) is 13.3 Å². The molecule has 4 heteroatoms. The van der Waals surface area contributed by atoms with Gasteiger partial charge < -0.3 is 10.5 Å². The average molecular weight is 259 g/mol. The Balaban J connectivity index is 2.60. The predicted molar refractivity (Wildman–Crippen MR) is 77.2 cm³/mol. The Morgan fingerprint density at radius 1 is 1.32 bits per heavy atom. The lowest BCUT2D eigenvalue weighted by Crippen LogP contribution is -2.11. The van der Waals surface area contributed by atoms with Gasteiger partial charge >= 0.3 is 0 Å². The Morgan fingerprint density at radius 2 is 2.05 bits per heavy atom. The number of rotatable bonds is 3. The fraction of sp³-hybridized carbons (Fsp3) is 0.400. The second kappa shape index (κ2) is 5.05. The molecular weight excluding hydrogens is 238 g/mol. The van der Waals surface area contributed by atoms with Crippen LogP contribution in [-0.2, 0) is 12.0 Å². The summed E-state index contributed by atoms with van der Waals surface area (Å²) >= 11 is 0. The minimum Gasteiger partial charge on any atom is -0.496 e. The summed E-state index contributed by atoms with van der Waals surface area (Å²) in [6.45, 7) is 7.02. The third-order valence-electron chi connectivity index (χ3n) is 3.27. The molecule has 0 spiro atoms. The third kappa shape index (κ3) is 2.63. The lowest BCUT2D eigenvalue weighted by molar-refractivity contribution is 0.415. The van der Waals surface area contributed by atoms with Gasteiger partial charge in [0.2, 0.25) is 0 Å². The summed E-state index contributed by atoms with van der Waals surface area (Å²) in [6.07, 6.45) is 1.76. The van der Waals surface area contributed by atoms with Crippen molar-refractivity contribution in [2.45, 2.75) is 32.7 Å². The predicted octanol–water partition coefficient (Wildman–Crippen LogP) is 2.84. The van der Waals surface area contributed by atoms with E-state index in [0.29, 0.717) is 6.54 Å². The zero-order chi connectivity index (χ0) is 14.0. The van der Waals surface area contributed by atoms with E-state index in [0.717, 1.165) is 22.6 Å². The number of H-pyrrole nitrogens is 1.